The lowest BCUT2D eigenvalue weighted by molar-refractivity contribution is 0.104. The minimum absolute atomic E-state index is 0.0129. The third kappa shape index (κ3) is 3.84. The molecule has 5 N–H and O–H groups in total. The minimum Gasteiger partial charge on any atom is -0.464 e. The highest BCUT2D eigenvalue weighted by molar-refractivity contribution is 7.92. The zero-order valence-corrected chi connectivity index (χ0v) is 20.1. The molecule has 13 heteroatoms. The summed E-state index contributed by atoms with van der Waals surface area (Å²) in [5, 5.41) is 13.6. The first-order valence-corrected chi connectivity index (χ1v) is 12.6. The Kier molecular flexibility index (Phi) is 5.47. The number of anilines is 3. The quantitative estimate of drug-likeness (QED) is 0.276. The maximum atomic E-state index is 13.3. The van der Waals surface area contributed by atoms with Gasteiger partial charge in [0.25, 0.3) is 10.0 Å². The molecule has 0 saturated carbocycles. The molecular weight excluding hydrogens is 504 g/mol. The molecule has 0 aliphatic rings. The van der Waals surface area contributed by atoms with Crippen LogP contribution in [0.3, 0.4) is 0 Å². The van der Waals surface area contributed by atoms with Crippen LogP contribution in [-0.4, -0.2) is 24.3 Å². The van der Waals surface area contributed by atoms with Crippen molar-refractivity contribution in [3.05, 3.63) is 70.5 Å². The van der Waals surface area contributed by atoms with Crippen molar-refractivity contribution in [2.75, 3.05) is 16.2 Å². The van der Waals surface area contributed by atoms with Gasteiger partial charge in [0.1, 0.15) is 38.7 Å². The smallest absolute Gasteiger partial charge is 0.263 e. The number of nitrogens with zero attached hydrogens (tertiary/aromatic N) is 3. The Bertz CT molecular complexity index is 1780. The van der Waals surface area contributed by atoms with E-state index >= 15 is 0 Å². The molecular formula is C23H16N6O5S2. The van der Waals surface area contributed by atoms with E-state index in [0.29, 0.717) is 27.3 Å². The van der Waals surface area contributed by atoms with Crippen molar-refractivity contribution in [1.29, 1.82) is 5.26 Å². The summed E-state index contributed by atoms with van der Waals surface area (Å²) in [5.74, 6) is 0.394. The monoisotopic (exact) mass is 520 g/mol. The maximum Gasteiger partial charge on any atom is 0.263 e. The van der Waals surface area contributed by atoms with E-state index < -0.39 is 15.8 Å². The summed E-state index contributed by atoms with van der Waals surface area (Å²) >= 11 is 1.02. The molecule has 0 aliphatic carbocycles. The molecule has 0 unspecified atom stereocenters. The number of carbonyl (C=O) groups excluding carboxylic acids is 1. The average molecular weight is 521 g/mol. The fraction of sp³-hybridized carbons (Fsp3) is 0.0435. The second kappa shape index (κ2) is 8.52. The van der Waals surface area contributed by atoms with Crippen molar-refractivity contribution in [2.24, 2.45) is 0 Å². The van der Waals surface area contributed by atoms with E-state index in [0.717, 1.165) is 11.3 Å². The van der Waals surface area contributed by atoms with E-state index in [-0.39, 0.29) is 38.2 Å². The first kappa shape index (κ1) is 23.1. The summed E-state index contributed by atoms with van der Waals surface area (Å²) in [6.07, 6.45) is 1.45. The number of aromatic nitrogens is 2. The lowest BCUT2D eigenvalue weighted by Gasteiger charge is -2.07. The molecule has 1 aromatic carbocycles. The molecule has 5 aromatic rings. The van der Waals surface area contributed by atoms with Gasteiger partial charge >= 0.3 is 0 Å². The number of thiophene rings is 1. The number of nitrogens with one attached hydrogen (secondary N) is 1. The average Bonchev–Trinajstić information content (AvgIpc) is 3.59. The lowest BCUT2D eigenvalue weighted by Crippen LogP contribution is -2.13. The van der Waals surface area contributed by atoms with Gasteiger partial charge in [-0.05, 0) is 43.3 Å². The number of fused-ring (bicyclic) bond motifs is 1. The lowest BCUT2D eigenvalue weighted by atomic mass is 10.0. The van der Waals surface area contributed by atoms with Gasteiger partial charge in [0, 0.05) is 17.0 Å². The van der Waals surface area contributed by atoms with Gasteiger partial charge in [0.15, 0.2) is 5.82 Å². The van der Waals surface area contributed by atoms with Crippen LogP contribution in [0, 0.1) is 18.3 Å². The maximum absolute atomic E-state index is 13.3. The molecule has 11 nitrogen and oxygen atoms in total. The summed E-state index contributed by atoms with van der Waals surface area (Å²) < 4.78 is 37.9. The highest BCUT2D eigenvalue weighted by atomic mass is 32.2. The van der Waals surface area contributed by atoms with Gasteiger partial charge in [-0.15, -0.1) is 11.3 Å². The van der Waals surface area contributed by atoms with Crippen molar-refractivity contribution < 1.29 is 22.2 Å². The van der Waals surface area contributed by atoms with Crippen LogP contribution >= 0.6 is 11.3 Å². The zero-order chi connectivity index (χ0) is 25.6. The number of nitriles is 1. The van der Waals surface area contributed by atoms with Crippen LogP contribution in [0.1, 0.15) is 26.6 Å². The highest BCUT2D eigenvalue weighted by Gasteiger charge is 2.26. The molecule has 0 atom stereocenters. The van der Waals surface area contributed by atoms with Gasteiger partial charge in [-0.25, -0.2) is 13.4 Å². The van der Waals surface area contributed by atoms with Crippen LogP contribution in [0.25, 0.3) is 21.5 Å². The number of rotatable bonds is 6. The predicted octanol–water partition coefficient (Wildman–Crippen LogP) is 3.92. The Hall–Kier alpha value is -4.67. The van der Waals surface area contributed by atoms with Crippen LogP contribution in [0.4, 0.5) is 17.3 Å². The van der Waals surface area contributed by atoms with E-state index in [2.05, 4.69) is 14.9 Å². The topological polar surface area (TPSA) is 191 Å². The van der Waals surface area contributed by atoms with Crippen LogP contribution in [0.15, 0.2) is 62.6 Å². The molecule has 0 fully saturated rings. The molecule has 0 aliphatic heterocycles. The third-order valence-electron chi connectivity index (χ3n) is 5.28. The SMILES string of the molecule is Cc1cc(NS(=O)(=O)c2ccc(C(=O)c3sc4nc(N)c(C#N)c(-c5ccco5)c4c3N)cc2)no1. The molecule has 36 heavy (non-hydrogen) atoms. The number of pyridine rings is 1. The zero-order valence-electron chi connectivity index (χ0n) is 18.5. The van der Waals surface area contributed by atoms with Crippen molar-refractivity contribution in [2.45, 2.75) is 11.8 Å². The first-order valence-electron chi connectivity index (χ1n) is 10.3. The second-order valence-electron chi connectivity index (χ2n) is 7.64. The van der Waals surface area contributed by atoms with Crippen molar-refractivity contribution in [3.63, 3.8) is 0 Å². The molecule has 0 saturated heterocycles. The minimum atomic E-state index is -3.95. The van der Waals surface area contributed by atoms with Crippen molar-refractivity contribution >= 4 is 54.7 Å². The molecule has 4 heterocycles. The van der Waals surface area contributed by atoms with Crippen molar-refractivity contribution in [3.8, 4) is 17.4 Å². The Morgan fingerprint density at radius 2 is 1.94 bits per heavy atom. The first-order chi connectivity index (χ1) is 17.2. The summed E-state index contributed by atoms with van der Waals surface area (Å²) in [5.41, 5.74) is 13.1. The van der Waals surface area contributed by atoms with Crippen LogP contribution in [0.2, 0.25) is 0 Å². The van der Waals surface area contributed by atoms with Gasteiger partial charge in [0.05, 0.1) is 22.4 Å². The Morgan fingerprint density at radius 1 is 1.19 bits per heavy atom. The predicted molar refractivity (Wildman–Crippen MR) is 133 cm³/mol. The number of ketones is 1. The molecule has 0 spiro atoms. The second-order valence-corrected chi connectivity index (χ2v) is 10.3. The Morgan fingerprint density at radius 3 is 2.56 bits per heavy atom. The standard InChI is InChI=1S/C23H16N6O5S2/c1-11-9-16(28-34-11)29-36(31,32)13-6-4-12(5-7-13)20(30)21-19(25)18-17(15-3-2-8-33-15)14(10-24)22(26)27-23(18)35-21/h2-9H,25H2,1H3,(H2,26,27)(H,28,29). The van der Waals surface area contributed by atoms with Crippen molar-refractivity contribution in [1.82, 2.24) is 10.1 Å². The largest absolute Gasteiger partial charge is 0.464 e. The number of sulfonamides is 1. The number of carbonyl (C=O) groups is 1. The molecule has 0 bridgehead atoms. The van der Waals surface area contributed by atoms with E-state index in [4.69, 9.17) is 20.4 Å². The fourth-order valence-corrected chi connectivity index (χ4v) is 5.70. The number of nitrogen functional groups attached to an aromatic ring is 2. The van der Waals surface area contributed by atoms with Gasteiger partial charge < -0.3 is 20.4 Å². The van der Waals surface area contributed by atoms with Crippen LogP contribution in [-0.2, 0) is 10.0 Å². The summed E-state index contributed by atoms with van der Waals surface area (Å²) in [7, 11) is -3.95. The van der Waals surface area contributed by atoms with Gasteiger partial charge in [-0.2, -0.15) is 5.26 Å². The summed E-state index contributed by atoms with van der Waals surface area (Å²) in [6.45, 7) is 1.63. The third-order valence-corrected chi connectivity index (χ3v) is 7.75. The van der Waals surface area contributed by atoms with Gasteiger partial charge in [0.2, 0.25) is 5.78 Å². The molecule has 0 radical (unpaired) electrons. The summed E-state index contributed by atoms with van der Waals surface area (Å²) in [4.78, 5) is 18.1. The highest BCUT2D eigenvalue weighted by Crippen LogP contribution is 2.43. The number of nitrogens with two attached hydrogens (primary N) is 2. The fourth-order valence-electron chi connectivity index (χ4n) is 3.65. The number of hydrogen-bond donors (Lipinski definition) is 3. The summed E-state index contributed by atoms with van der Waals surface area (Å²) in [6, 6.07) is 12.1. The van der Waals surface area contributed by atoms with Gasteiger partial charge in [-0.3, -0.25) is 9.52 Å². The van der Waals surface area contributed by atoms with Crippen LogP contribution in [0.5, 0.6) is 0 Å². The number of aryl methyl sites for hydroxylation is 1. The molecule has 0 amide bonds. The van der Waals surface area contributed by atoms with Crippen LogP contribution < -0.4 is 16.2 Å². The van der Waals surface area contributed by atoms with E-state index in [9.17, 15) is 18.5 Å². The van der Waals surface area contributed by atoms with E-state index in [1.807, 2.05) is 6.07 Å². The van der Waals surface area contributed by atoms with E-state index in [1.165, 1.54) is 36.6 Å². The number of furan rings is 1. The van der Waals surface area contributed by atoms with E-state index in [1.54, 1.807) is 19.1 Å². The molecule has 180 valence electrons. The number of hydrogen-bond acceptors (Lipinski definition) is 11. The molecule has 5 rings (SSSR count). The van der Waals surface area contributed by atoms with Gasteiger partial charge in [-0.1, -0.05) is 5.16 Å². The number of benzene rings is 1. The normalized spacial score (nSPS) is 11.4. The Labute approximate surface area is 208 Å². The Balaban J connectivity index is 1.53. The molecule has 4 aromatic heterocycles.